The lowest BCUT2D eigenvalue weighted by Gasteiger charge is -2.18. The zero-order valence-electron chi connectivity index (χ0n) is 8.19. The van der Waals surface area contributed by atoms with E-state index in [1.807, 2.05) is 31.5 Å². The van der Waals surface area contributed by atoms with Gasteiger partial charge in [-0.05, 0) is 30.7 Å². The molecule has 1 aliphatic rings. The highest BCUT2D eigenvalue weighted by Gasteiger charge is 2.16. The van der Waals surface area contributed by atoms with E-state index in [1.165, 1.54) is 5.56 Å². The number of anilines is 2. The molecular weight excluding hydrogens is 206 g/mol. The van der Waals surface area contributed by atoms with Crippen molar-refractivity contribution in [3.63, 3.8) is 0 Å². The number of pyridine rings is 2. The van der Waals surface area contributed by atoms with E-state index in [1.54, 1.807) is 11.8 Å². The molecule has 0 aliphatic carbocycles. The van der Waals surface area contributed by atoms with Gasteiger partial charge >= 0.3 is 0 Å². The highest BCUT2D eigenvalue weighted by atomic mass is 32.2. The summed E-state index contributed by atoms with van der Waals surface area (Å²) >= 11 is 1.66. The van der Waals surface area contributed by atoms with Crippen molar-refractivity contribution < 1.29 is 0 Å². The van der Waals surface area contributed by atoms with Gasteiger partial charge in [0.15, 0.2) is 0 Å². The average Bonchev–Trinajstić information content (AvgIpc) is 2.26. The van der Waals surface area contributed by atoms with Crippen molar-refractivity contribution in [1.82, 2.24) is 9.97 Å². The first-order valence-electron chi connectivity index (χ1n) is 4.69. The molecule has 1 N–H and O–H groups in total. The molecule has 3 heterocycles. The summed E-state index contributed by atoms with van der Waals surface area (Å²) < 4.78 is 0. The Balaban J connectivity index is 2.11. The fraction of sp³-hybridized carbons (Fsp3) is 0.0909. The lowest BCUT2D eigenvalue weighted by atomic mass is 10.3. The monoisotopic (exact) mass is 215 g/mol. The van der Waals surface area contributed by atoms with E-state index in [4.69, 9.17) is 0 Å². The zero-order chi connectivity index (χ0) is 10.3. The van der Waals surface area contributed by atoms with Gasteiger partial charge in [0, 0.05) is 12.4 Å². The van der Waals surface area contributed by atoms with Gasteiger partial charge in [0.1, 0.15) is 10.8 Å². The molecule has 0 saturated heterocycles. The quantitative estimate of drug-likeness (QED) is 0.625. The van der Waals surface area contributed by atoms with Gasteiger partial charge in [-0.1, -0.05) is 11.8 Å². The van der Waals surface area contributed by atoms with Gasteiger partial charge in [0.05, 0.1) is 10.6 Å². The fourth-order valence-electron chi connectivity index (χ4n) is 1.51. The number of hydrogen-bond acceptors (Lipinski definition) is 4. The second-order valence-electron chi connectivity index (χ2n) is 3.44. The lowest BCUT2D eigenvalue weighted by molar-refractivity contribution is 1.09. The van der Waals surface area contributed by atoms with Crippen LogP contribution in [-0.2, 0) is 0 Å². The van der Waals surface area contributed by atoms with Crippen molar-refractivity contribution >= 4 is 23.3 Å². The van der Waals surface area contributed by atoms with Crippen molar-refractivity contribution in [3.05, 3.63) is 36.2 Å². The predicted molar refractivity (Wildman–Crippen MR) is 60.6 cm³/mol. The topological polar surface area (TPSA) is 37.8 Å². The van der Waals surface area contributed by atoms with Crippen LogP contribution in [0.1, 0.15) is 5.56 Å². The van der Waals surface area contributed by atoms with Crippen molar-refractivity contribution in [3.8, 4) is 0 Å². The molecule has 0 bridgehead atoms. The summed E-state index contributed by atoms with van der Waals surface area (Å²) in [6.07, 6.45) is 3.68. The van der Waals surface area contributed by atoms with Crippen molar-refractivity contribution in [2.45, 2.75) is 16.8 Å². The first-order chi connectivity index (χ1) is 7.33. The Kier molecular flexibility index (Phi) is 1.89. The first-order valence-corrected chi connectivity index (χ1v) is 5.51. The van der Waals surface area contributed by atoms with Gasteiger partial charge < -0.3 is 5.32 Å². The summed E-state index contributed by atoms with van der Waals surface area (Å²) in [5.41, 5.74) is 2.20. The van der Waals surface area contributed by atoms with Gasteiger partial charge in [-0.3, -0.25) is 0 Å². The summed E-state index contributed by atoms with van der Waals surface area (Å²) in [7, 11) is 0. The van der Waals surface area contributed by atoms with Gasteiger partial charge in [-0.2, -0.15) is 0 Å². The number of aryl methyl sites for hydroxylation is 1. The Morgan fingerprint density at radius 1 is 1.33 bits per heavy atom. The molecule has 0 atom stereocenters. The van der Waals surface area contributed by atoms with Crippen LogP contribution in [0, 0.1) is 6.92 Å². The number of rotatable bonds is 0. The highest BCUT2D eigenvalue weighted by molar-refractivity contribution is 7.99. The molecule has 1 aliphatic heterocycles. The molecule has 0 radical (unpaired) electrons. The van der Waals surface area contributed by atoms with E-state index in [2.05, 4.69) is 21.4 Å². The predicted octanol–water partition coefficient (Wildman–Crippen LogP) is 2.99. The maximum atomic E-state index is 4.36. The molecule has 0 spiro atoms. The van der Waals surface area contributed by atoms with Gasteiger partial charge in [-0.25, -0.2) is 9.97 Å². The van der Waals surface area contributed by atoms with E-state index < -0.39 is 0 Å². The van der Waals surface area contributed by atoms with Gasteiger partial charge in [0.25, 0.3) is 0 Å². The maximum absolute atomic E-state index is 4.36. The third kappa shape index (κ3) is 1.47. The summed E-state index contributed by atoms with van der Waals surface area (Å²) in [6, 6.07) is 6.06. The second-order valence-corrected chi connectivity index (χ2v) is 4.47. The zero-order valence-corrected chi connectivity index (χ0v) is 9.01. The Morgan fingerprint density at radius 3 is 3.20 bits per heavy atom. The Morgan fingerprint density at radius 2 is 2.27 bits per heavy atom. The molecule has 4 heteroatoms. The fourth-order valence-corrected chi connectivity index (χ4v) is 2.51. The highest BCUT2D eigenvalue weighted by Crippen LogP contribution is 2.41. The Labute approximate surface area is 92.0 Å². The van der Waals surface area contributed by atoms with Crippen LogP contribution in [0.5, 0.6) is 0 Å². The van der Waals surface area contributed by atoms with E-state index in [9.17, 15) is 0 Å². The molecule has 74 valence electrons. The van der Waals surface area contributed by atoms with E-state index >= 15 is 0 Å². The molecule has 0 saturated carbocycles. The molecule has 2 aromatic rings. The molecule has 0 aromatic carbocycles. The summed E-state index contributed by atoms with van der Waals surface area (Å²) in [4.78, 5) is 9.82. The number of aromatic nitrogens is 2. The average molecular weight is 215 g/mol. The van der Waals surface area contributed by atoms with Crippen LogP contribution in [0.4, 0.5) is 11.5 Å². The van der Waals surface area contributed by atoms with Crippen LogP contribution < -0.4 is 5.32 Å². The molecule has 0 fully saturated rings. The number of fused-ring (bicyclic) bond motifs is 2. The minimum absolute atomic E-state index is 0.922. The first kappa shape index (κ1) is 8.73. The molecule has 3 nitrogen and oxygen atoms in total. The summed E-state index contributed by atoms with van der Waals surface area (Å²) in [5, 5.41) is 4.28. The van der Waals surface area contributed by atoms with E-state index in [0.29, 0.717) is 0 Å². The van der Waals surface area contributed by atoms with Gasteiger partial charge in [-0.15, -0.1) is 0 Å². The van der Waals surface area contributed by atoms with Crippen LogP contribution in [-0.4, -0.2) is 9.97 Å². The molecule has 3 rings (SSSR count). The minimum Gasteiger partial charge on any atom is -0.337 e. The largest absolute Gasteiger partial charge is 0.337 e. The normalized spacial score (nSPS) is 12.6. The molecule has 2 aromatic heterocycles. The van der Waals surface area contributed by atoms with Crippen LogP contribution in [0.2, 0.25) is 0 Å². The number of nitrogens with zero attached hydrogens (tertiary/aromatic N) is 2. The minimum atomic E-state index is 0.922. The van der Waals surface area contributed by atoms with Crippen molar-refractivity contribution in [1.29, 1.82) is 0 Å². The smallest absolute Gasteiger partial charge is 0.144 e. The van der Waals surface area contributed by atoms with E-state index in [0.717, 1.165) is 21.4 Å². The molecule has 0 amide bonds. The molecule has 15 heavy (non-hydrogen) atoms. The van der Waals surface area contributed by atoms with Crippen molar-refractivity contribution in [2.24, 2.45) is 0 Å². The summed E-state index contributed by atoms with van der Waals surface area (Å²) in [6.45, 7) is 2.04. The number of nitrogens with one attached hydrogen (secondary N) is 1. The van der Waals surface area contributed by atoms with Crippen LogP contribution in [0.25, 0.3) is 0 Å². The standard InChI is InChI=1S/C11H9N3S/c1-7-5-9-10(13-6-7)14-8-3-2-4-12-11(8)15-9/h2-6H,1H3,(H,13,14). The van der Waals surface area contributed by atoms with Crippen LogP contribution >= 0.6 is 11.8 Å². The third-order valence-corrected chi connectivity index (χ3v) is 3.27. The molecular formula is C11H9N3S. The Hall–Kier alpha value is -1.55. The molecule has 0 unspecified atom stereocenters. The second kappa shape index (κ2) is 3.24. The van der Waals surface area contributed by atoms with Crippen molar-refractivity contribution in [2.75, 3.05) is 5.32 Å². The maximum Gasteiger partial charge on any atom is 0.144 e. The Bertz CT molecular complexity index is 525. The lowest BCUT2D eigenvalue weighted by Crippen LogP contribution is -2.03. The van der Waals surface area contributed by atoms with Crippen LogP contribution in [0.3, 0.4) is 0 Å². The van der Waals surface area contributed by atoms with E-state index in [-0.39, 0.29) is 0 Å². The SMILES string of the molecule is Cc1cnc2c(c1)Sc1ncccc1N2. The van der Waals surface area contributed by atoms with Crippen LogP contribution in [0.15, 0.2) is 40.5 Å². The summed E-state index contributed by atoms with van der Waals surface area (Å²) in [5.74, 6) is 0.922. The number of hydrogen-bond donors (Lipinski definition) is 1. The third-order valence-electron chi connectivity index (χ3n) is 2.22. The van der Waals surface area contributed by atoms with Gasteiger partial charge in [0.2, 0.25) is 0 Å².